The molecule has 0 radical (unpaired) electrons. The number of aliphatic hydroxyl groups excluding tert-OH is 1. The van der Waals surface area contributed by atoms with E-state index < -0.39 is 0 Å². The molecule has 0 aliphatic heterocycles. The number of ether oxygens (including phenoxy) is 1. The van der Waals surface area contributed by atoms with Gasteiger partial charge in [0.15, 0.2) is 0 Å². The van der Waals surface area contributed by atoms with E-state index in [2.05, 4.69) is 21.2 Å². The van der Waals surface area contributed by atoms with Crippen LogP contribution in [0, 0.1) is 0 Å². The van der Waals surface area contributed by atoms with Crippen LogP contribution < -0.4 is 10.1 Å². The van der Waals surface area contributed by atoms with Crippen LogP contribution >= 0.6 is 15.9 Å². The van der Waals surface area contributed by atoms with Crippen molar-refractivity contribution < 1.29 is 9.84 Å². The molecule has 0 unspecified atom stereocenters. The summed E-state index contributed by atoms with van der Waals surface area (Å²) in [6.07, 6.45) is 0.910. The Balaban J connectivity index is 2.68. The molecule has 90 valence electrons. The van der Waals surface area contributed by atoms with Gasteiger partial charge in [-0.25, -0.2) is 0 Å². The molecule has 1 aromatic rings. The highest BCUT2D eigenvalue weighted by atomic mass is 79.9. The number of nitrogens with one attached hydrogen (secondary N) is 1. The van der Waals surface area contributed by atoms with Crippen molar-refractivity contribution in [3.63, 3.8) is 0 Å². The first-order chi connectivity index (χ1) is 7.71. The Morgan fingerprint density at radius 2 is 2.25 bits per heavy atom. The summed E-state index contributed by atoms with van der Waals surface area (Å²) >= 11 is 3.43. The lowest BCUT2D eigenvalue weighted by molar-refractivity contribution is 0.238. The fourth-order valence-corrected chi connectivity index (χ4v) is 1.89. The normalized spacial score (nSPS) is 12.5. The summed E-state index contributed by atoms with van der Waals surface area (Å²) in [6.45, 7) is 2.90. The lowest BCUT2D eigenvalue weighted by Crippen LogP contribution is -2.31. The molecule has 0 saturated heterocycles. The first kappa shape index (κ1) is 13.5. The van der Waals surface area contributed by atoms with E-state index in [0.717, 1.165) is 22.2 Å². The monoisotopic (exact) mass is 287 g/mol. The largest absolute Gasteiger partial charge is 0.496 e. The van der Waals surface area contributed by atoms with Gasteiger partial charge in [-0.2, -0.15) is 0 Å². The summed E-state index contributed by atoms with van der Waals surface area (Å²) in [6, 6.07) is 6.05. The Hall–Kier alpha value is -0.580. The molecule has 0 fully saturated rings. The maximum absolute atomic E-state index is 9.08. The third-order valence-electron chi connectivity index (χ3n) is 2.54. The van der Waals surface area contributed by atoms with Crippen molar-refractivity contribution in [1.29, 1.82) is 0 Å². The van der Waals surface area contributed by atoms with E-state index in [1.165, 1.54) is 0 Å². The van der Waals surface area contributed by atoms with Gasteiger partial charge in [0, 0.05) is 22.6 Å². The summed E-state index contributed by atoms with van der Waals surface area (Å²) in [5.74, 6) is 0.864. The maximum atomic E-state index is 9.08. The third kappa shape index (κ3) is 3.77. The molecule has 16 heavy (non-hydrogen) atoms. The fourth-order valence-electron chi connectivity index (χ4n) is 1.48. The summed E-state index contributed by atoms with van der Waals surface area (Å²) < 4.78 is 6.31. The number of hydrogen-bond acceptors (Lipinski definition) is 3. The molecule has 0 aromatic heterocycles. The van der Waals surface area contributed by atoms with Crippen molar-refractivity contribution in [1.82, 2.24) is 5.32 Å². The SMILES string of the molecule is CC[C@H](CO)NCc1cc(Br)ccc1OC. The van der Waals surface area contributed by atoms with Gasteiger partial charge in [-0.3, -0.25) is 0 Å². The quantitative estimate of drug-likeness (QED) is 0.844. The Bertz CT molecular complexity index is 327. The Morgan fingerprint density at radius 3 is 2.81 bits per heavy atom. The smallest absolute Gasteiger partial charge is 0.123 e. The van der Waals surface area contributed by atoms with E-state index in [4.69, 9.17) is 9.84 Å². The van der Waals surface area contributed by atoms with Gasteiger partial charge in [-0.05, 0) is 24.6 Å². The molecule has 4 heteroatoms. The minimum atomic E-state index is 0.142. The Morgan fingerprint density at radius 1 is 1.50 bits per heavy atom. The van der Waals surface area contributed by atoms with E-state index in [9.17, 15) is 0 Å². The summed E-state index contributed by atoms with van der Waals surface area (Å²) in [4.78, 5) is 0. The van der Waals surface area contributed by atoms with Gasteiger partial charge in [0.25, 0.3) is 0 Å². The molecule has 0 aliphatic rings. The van der Waals surface area contributed by atoms with Gasteiger partial charge < -0.3 is 15.2 Å². The average Bonchev–Trinajstić information content (AvgIpc) is 2.30. The molecule has 0 bridgehead atoms. The molecule has 0 amide bonds. The Kier molecular flexibility index (Phi) is 5.80. The second-order valence-electron chi connectivity index (χ2n) is 3.62. The first-order valence-corrected chi connectivity index (χ1v) is 6.17. The zero-order valence-corrected chi connectivity index (χ0v) is 11.3. The molecule has 3 nitrogen and oxygen atoms in total. The molecule has 1 rings (SSSR count). The topological polar surface area (TPSA) is 41.5 Å². The standard InChI is InChI=1S/C12H18BrNO2/c1-3-11(8-15)14-7-9-6-10(13)4-5-12(9)16-2/h4-6,11,14-15H,3,7-8H2,1-2H3/t11-/m1/s1. The molecule has 0 heterocycles. The fraction of sp³-hybridized carbons (Fsp3) is 0.500. The number of benzene rings is 1. The lowest BCUT2D eigenvalue weighted by Gasteiger charge is -2.15. The van der Waals surface area contributed by atoms with Gasteiger partial charge in [-0.1, -0.05) is 22.9 Å². The first-order valence-electron chi connectivity index (χ1n) is 5.38. The zero-order chi connectivity index (χ0) is 12.0. The average molecular weight is 288 g/mol. The number of aliphatic hydroxyl groups is 1. The van der Waals surface area contributed by atoms with Gasteiger partial charge in [0.1, 0.15) is 5.75 Å². The van der Waals surface area contributed by atoms with Crippen LogP contribution in [0.25, 0.3) is 0 Å². The van der Waals surface area contributed by atoms with E-state index in [0.29, 0.717) is 6.54 Å². The number of rotatable bonds is 6. The molecular formula is C12H18BrNO2. The highest BCUT2D eigenvalue weighted by Gasteiger charge is 2.07. The third-order valence-corrected chi connectivity index (χ3v) is 3.03. The van der Waals surface area contributed by atoms with E-state index in [1.807, 2.05) is 25.1 Å². The molecule has 0 spiro atoms. The van der Waals surface area contributed by atoms with Crippen LogP contribution in [0.1, 0.15) is 18.9 Å². The van der Waals surface area contributed by atoms with Crippen molar-refractivity contribution in [3.05, 3.63) is 28.2 Å². The Labute approximate surface area is 105 Å². The zero-order valence-electron chi connectivity index (χ0n) is 9.66. The van der Waals surface area contributed by atoms with Gasteiger partial charge in [0.05, 0.1) is 13.7 Å². The second kappa shape index (κ2) is 6.89. The van der Waals surface area contributed by atoms with Crippen molar-refractivity contribution >= 4 is 15.9 Å². The predicted octanol–water partition coefficient (Wildman–Crippen LogP) is 2.32. The molecule has 0 aliphatic carbocycles. The number of methoxy groups -OCH3 is 1. The van der Waals surface area contributed by atoms with Crippen LogP contribution in [0.15, 0.2) is 22.7 Å². The van der Waals surface area contributed by atoms with Crippen molar-refractivity contribution in [2.24, 2.45) is 0 Å². The van der Waals surface area contributed by atoms with E-state index >= 15 is 0 Å². The molecule has 2 N–H and O–H groups in total. The minimum absolute atomic E-state index is 0.142. The number of hydrogen-bond donors (Lipinski definition) is 2. The molecular weight excluding hydrogens is 270 g/mol. The lowest BCUT2D eigenvalue weighted by atomic mass is 10.1. The van der Waals surface area contributed by atoms with Crippen LogP contribution in [0.5, 0.6) is 5.75 Å². The van der Waals surface area contributed by atoms with Crippen LogP contribution in [-0.4, -0.2) is 24.9 Å². The van der Waals surface area contributed by atoms with E-state index in [1.54, 1.807) is 7.11 Å². The summed E-state index contributed by atoms with van der Waals surface area (Å²) in [7, 11) is 1.66. The molecule has 1 aromatic carbocycles. The van der Waals surface area contributed by atoms with Crippen LogP contribution in [-0.2, 0) is 6.54 Å². The van der Waals surface area contributed by atoms with Crippen molar-refractivity contribution in [2.45, 2.75) is 25.9 Å². The van der Waals surface area contributed by atoms with Crippen molar-refractivity contribution in [3.8, 4) is 5.75 Å². The highest BCUT2D eigenvalue weighted by molar-refractivity contribution is 9.10. The summed E-state index contributed by atoms with van der Waals surface area (Å²) in [5, 5.41) is 12.4. The summed E-state index contributed by atoms with van der Waals surface area (Å²) in [5.41, 5.74) is 1.09. The van der Waals surface area contributed by atoms with Crippen LogP contribution in [0.4, 0.5) is 0 Å². The maximum Gasteiger partial charge on any atom is 0.123 e. The van der Waals surface area contributed by atoms with Gasteiger partial charge >= 0.3 is 0 Å². The second-order valence-corrected chi connectivity index (χ2v) is 4.54. The predicted molar refractivity (Wildman–Crippen MR) is 68.7 cm³/mol. The van der Waals surface area contributed by atoms with Gasteiger partial charge in [0.2, 0.25) is 0 Å². The molecule has 0 saturated carbocycles. The van der Waals surface area contributed by atoms with Crippen molar-refractivity contribution in [2.75, 3.05) is 13.7 Å². The van der Waals surface area contributed by atoms with E-state index in [-0.39, 0.29) is 12.6 Å². The minimum Gasteiger partial charge on any atom is -0.496 e. The van der Waals surface area contributed by atoms with Crippen LogP contribution in [0.3, 0.4) is 0 Å². The number of halogens is 1. The highest BCUT2D eigenvalue weighted by Crippen LogP contribution is 2.22. The van der Waals surface area contributed by atoms with Crippen LogP contribution in [0.2, 0.25) is 0 Å². The molecule has 1 atom stereocenters. The van der Waals surface area contributed by atoms with Gasteiger partial charge in [-0.15, -0.1) is 0 Å².